The van der Waals surface area contributed by atoms with Crippen LogP contribution in [-0.2, 0) is 19.4 Å². The molecule has 0 radical (unpaired) electrons. The van der Waals surface area contributed by atoms with Crippen molar-refractivity contribution in [3.63, 3.8) is 0 Å². The van der Waals surface area contributed by atoms with Crippen LogP contribution in [0.5, 0.6) is 0 Å². The van der Waals surface area contributed by atoms with Crippen molar-refractivity contribution in [3.8, 4) is 0 Å². The monoisotopic (exact) mass is 247 g/mol. The molecule has 0 aromatic carbocycles. The summed E-state index contributed by atoms with van der Waals surface area (Å²) >= 11 is 0. The van der Waals surface area contributed by atoms with Crippen molar-refractivity contribution in [1.29, 1.82) is 0 Å². The molecule has 0 spiro atoms. The molecule has 0 amide bonds. The molecule has 1 N–H and O–H groups in total. The smallest absolute Gasteiger partial charge is 0.226 e. The zero-order valence-corrected chi connectivity index (χ0v) is 10.5. The molecular weight excluding hydrogens is 230 g/mol. The van der Waals surface area contributed by atoms with Gasteiger partial charge in [-0.25, -0.2) is 0 Å². The van der Waals surface area contributed by atoms with E-state index in [0.717, 1.165) is 31.2 Å². The van der Waals surface area contributed by atoms with Crippen molar-refractivity contribution < 1.29 is 9.63 Å². The Morgan fingerprint density at radius 1 is 1.50 bits per heavy atom. The van der Waals surface area contributed by atoms with Crippen molar-refractivity contribution in [2.24, 2.45) is 0 Å². The summed E-state index contributed by atoms with van der Waals surface area (Å²) in [6.07, 6.45) is 7.49. The highest BCUT2D eigenvalue weighted by atomic mass is 16.5. The highest BCUT2D eigenvalue weighted by molar-refractivity contribution is 5.29. The van der Waals surface area contributed by atoms with Crippen molar-refractivity contribution in [3.05, 3.63) is 35.2 Å². The van der Waals surface area contributed by atoms with Crippen molar-refractivity contribution in [2.75, 3.05) is 0 Å². The van der Waals surface area contributed by atoms with Crippen LogP contribution in [-0.4, -0.2) is 19.8 Å². The van der Waals surface area contributed by atoms with Gasteiger partial charge in [-0.3, -0.25) is 0 Å². The van der Waals surface area contributed by atoms with E-state index in [0.29, 0.717) is 18.3 Å². The van der Waals surface area contributed by atoms with Crippen LogP contribution in [0.15, 0.2) is 16.9 Å². The average Bonchev–Trinajstić information content (AvgIpc) is 2.96. The summed E-state index contributed by atoms with van der Waals surface area (Å²) in [5, 5.41) is 13.9. The van der Waals surface area contributed by atoms with Gasteiger partial charge in [0.05, 0.1) is 12.6 Å². The van der Waals surface area contributed by atoms with Gasteiger partial charge in [0.1, 0.15) is 0 Å². The number of aliphatic hydroxyl groups is 1. The Labute approximate surface area is 105 Å². The van der Waals surface area contributed by atoms with Crippen molar-refractivity contribution >= 4 is 0 Å². The van der Waals surface area contributed by atoms with Gasteiger partial charge in [-0.15, -0.1) is 0 Å². The molecule has 96 valence electrons. The first kappa shape index (κ1) is 11.5. The van der Waals surface area contributed by atoms with Crippen LogP contribution in [0.4, 0.5) is 0 Å². The molecule has 0 saturated carbocycles. The Bertz CT molecular complexity index is 544. The lowest BCUT2D eigenvalue weighted by molar-refractivity contribution is 0.157. The number of nitrogens with zero attached hydrogens (tertiary/aromatic N) is 3. The minimum atomic E-state index is -0.313. The second-order valence-corrected chi connectivity index (χ2v) is 4.78. The zero-order valence-electron chi connectivity index (χ0n) is 10.5. The maximum Gasteiger partial charge on any atom is 0.226 e. The maximum atomic E-state index is 9.92. The maximum absolute atomic E-state index is 9.92. The minimum Gasteiger partial charge on any atom is -0.388 e. The predicted molar refractivity (Wildman–Crippen MR) is 65.1 cm³/mol. The lowest BCUT2D eigenvalue weighted by Gasteiger charge is -2.16. The van der Waals surface area contributed by atoms with E-state index in [-0.39, 0.29) is 6.10 Å². The Kier molecular flexibility index (Phi) is 2.91. The summed E-state index contributed by atoms with van der Waals surface area (Å²) in [5.41, 5.74) is 2.30. The van der Waals surface area contributed by atoms with Crippen LogP contribution in [0, 0.1) is 0 Å². The van der Waals surface area contributed by atoms with E-state index >= 15 is 0 Å². The molecule has 0 saturated heterocycles. The van der Waals surface area contributed by atoms with Crippen LogP contribution in [0.3, 0.4) is 0 Å². The van der Waals surface area contributed by atoms with Crippen LogP contribution < -0.4 is 0 Å². The number of aliphatic hydroxyl groups excluding tert-OH is 1. The topological polar surface area (TPSA) is 64.1 Å². The average molecular weight is 247 g/mol. The summed E-state index contributed by atoms with van der Waals surface area (Å²) in [5.74, 6) is 1.36. The predicted octanol–water partition coefficient (Wildman–Crippen LogP) is 1.85. The second kappa shape index (κ2) is 4.57. The fraction of sp³-hybridized carbons (Fsp3) is 0.538. The van der Waals surface area contributed by atoms with Gasteiger partial charge in [0.15, 0.2) is 5.82 Å². The number of hydrogen-bond donors (Lipinski definition) is 1. The Balaban J connectivity index is 1.81. The summed E-state index contributed by atoms with van der Waals surface area (Å²) < 4.78 is 7.12. The molecule has 0 bridgehead atoms. The third kappa shape index (κ3) is 2.06. The van der Waals surface area contributed by atoms with E-state index < -0.39 is 0 Å². The van der Waals surface area contributed by atoms with E-state index in [9.17, 15) is 5.11 Å². The fourth-order valence-electron chi connectivity index (χ4n) is 2.48. The number of hydrogen-bond acceptors (Lipinski definition) is 4. The molecule has 1 aliphatic rings. The SMILES string of the molecule is CCc1nc(Cn2cc3c(c2)C(O)CCC3)no1. The van der Waals surface area contributed by atoms with Crippen LogP contribution in [0.2, 0.25) is 0 Å². The third-order valence-electron chi connectivity index (χ3n) is 3.42. The fourth-order valence-corrected chi connectivity index (χ4v) is 2.48. The number of fused-ring (bicyclic) bond motifs is 1. The van der Waals surface area contributed by atoms with E-state index in [1.165, 1.54) is 5.56 Å². The van der Waals surface area contributed by atoms with Crippen molar-refractivity contribution in [2.45, 2.75) is 45.3 Å². The largest absolute Gasteiger partial charge is 0.388 e. The summed E-state index contributed by atoms with van der Waals surface area (Å²) in [6, 6.07) is 0. The van der Waals surface area contributed by atoms with Gasteiger partial charge < -0.3 is 14.2 Å². The lowest BCUT2D eigenvalue weighted by Crippen LogP contribution is -2.05. The summed E-state index contributed by atoms with van der Waals surface area (Å²) in [7, 11) is 0. The quantitative estimate of drug-likeness (QED) is 0.899. The number of aryl methyl sites for hydroxylation is 2. The Hall–Kier alpha value is -1.62. The minimum absolute atomic E-state index is 0.313. The Morgan fingerprint density at radius 2 is 2.39 bits per heavy atom. The number of rotatable bonds is 3. The highest BCUT2D eigenvalue weighted by Gasteiger charge is 2.20. The van der Waals surface area contributed by atoms with Gasteiger partial charge in [0, 0.05) is 24.4 Å². The van der Waals surface area contributed by atoms with Crippen molar-refractivity contribution in [1.82, 2.24) is 14.7 Å². The molecule has 1 atom stereocenters. The molecule has 1 aliphatic carbocycles. The van der Waals surface area contributed by atoms with Crippen LogP contribution in [0.1, 0.15) is 48.7 Å². The molecule has 18 heavy (non-hydrogen) atoms. The van der Waals surface area contributed by atoms with Gasteiger partial charge >= 0.3 is 0 Å². The molecule has 5 nitrogen and oxygen atoms in total. The molecule has 0 aliphatic heterocycles. The van der Waals surface area contributed by atoms with Gasteiger partial charge in [-0.2, -0.15) is 4.98 Å². The molecule has 3 rings (SSSR count). The number of aromatic nitrogens is 3. The third-order valence-corrected chi connectivity index (χ3v) is 3.42. The normalized spacial score (nSPS) is 18.9. The molecular formula is C13H17N3O2. The summed E-state index contributed by atoms with van der Waals surface area (Å²) in [4.78, 5) is 4.29. The molecule has 1 unspecified atom stereocenters. The van der Waals surface area contributed by atoms with Gasteiger partial charge in [0.2, 0.25) is 5.89 Å². The molecule has 2 aromatic rings. The van der Waals surface area contributed by atoms with E-state index in [1.807, 2.05) is 17.7 Å². The van der Waals surface area contributed by atoms with E-state index in [2.05, 4.69) is 16.3 Å². The second-order valence-electron chi connectivity index (χ2n) is 4.78. The molecule has 2 aromatic heterocycles. The summed E-state index contributed by atoms with van der Waals surface area (Å²) in [6.45, 7) is 2.59. The highest BCUT2D eigenvalue weighted by Crippen LogP contribution is 2.30. The van der Waals surface area contributed by atoms with Gasteiger partial charge in [0.25, 0.3) is 0 Å². The first-order chi connectivity index (χ1) is 8.76. The van der Waals surface area contributed by atoms with Crippen LogP contribution >= 0.6 is 0 Å². The zero-order chi connectivity index (χ0) is 12.5. The standard InChI is InChI=1S/C13H17N3O2/c1-2-13-14-12(15-18-13)8-16-6-9-4-3-5-11(17)10(9)7-16/h6-7,11,17H,2-5,8H2,1H3. The first-order valence-electron chi connectivity index (χ1n) is 6.44. The Morgan fingerprint density at radius 3 is 3.11 bits per heavy atom. The first-order valence-corrected chi connectivity index (χ1v) is 6.44. The van der Waals surface area contributed by atoms with Gasteiger partial charge in [-0.05, 0) is 24.8 Å². The van der Waals surface area contributed by atoms with E-state index in [4.69, 9.17) is 4.52 Å². The lowest BCUT2D eigenvalue weighted by atomic mass is 9.93. The van der Waals surface area contributed by atoms with Crippen LogP contribution in [0.25, 0.3) is 0 Å². The van der Waals surface area contributed by atoms with E-state index in [1.54, 1.807) is 0 Å². The molecule has 5 heteroatoms. The molecule has 2 heterocycles. The van der Waals surface area contributed by atoms with Gasteiger partial charge in [-0.1, -0.05) is 12.1 Å². The molecule has 0 fully saturated rings.